The summed E-state index contributed by atoms with van der Waals surface area (Å²) in [5.74, 6) is -0.391. The zero-order valence-electron chi connectivity index (χ0n) is 26.4. The summed E-state index contributed by atoms with van der Waals surface area (Å²) in [5, 5.41) is 3.55. The first-order chi connectivity index (χ1) is 21.2. The topological polar surface area (TPSA) is 114 Å². The lowest BCUT2D eigenvalue weighted by Gasteiger charge is -2.35. The second-order valence-electron chi connectivity index (χ2n) is 11.1. The third-order valence-corrected chi connectivity index (χ3v) is 9.17. The Morgan fingerprint density at radius 1 is 0.889 bits per heavy atom. The molecule has 1 unspecified atom stereocenters. The number of ether oxygens (including phenoxy) is 3. The number of hydrogen-bond donors (Lipinski definition) is 1. The largest absolute Gasteiger partial charge is 0.495 e. The molecule has 0 heterocycles. The minimum Gasteiger partial charge on any atom is -0.495 e. The van der Waals surface area contributed by atoms with Crippen LogP contribution < -0.4 is 23.8 Å². The van der Waals surface area contributed by atoms with Crippen LogP contribution in [0.1, 0.15) is 39.7 Å². The maximum atomic E-state index is 14.4. The summed E-state index contributed by atoms with van der Waals surface area (Å²) < 4.78 is 45.8. The minimum absolute atomic E-state index is 0.0259. The Morgan fingerprint density at radius 2 is 1.51 bits per heavy atom. The van der Waals surface area contributed by atoms with Gasteiger partial charge in [-0.2, -0.15) is 0 Å². The van der Waals surface area contributed by atoms with Gasteiger partial charge in [-0.1, -0.05) is 48.3 Å². The summed E-state index contributed by atoms with van der Waals surface area (Å²) in [6, 6.07) is 14.5. The average molecular weight is 681 g/mol. The van der Waals surface area contributed by atoms with Crippen LogP contribution in [0.4, 0.5) is 5.69 Å². The molecule has 1 atom stereocenters. The molecule has 0 radical (unpaired) electrons. The molecule has 3 rings (SSSR count). The van der Waals surface area contributed by atoms with Gasteiger partial charge >= 0.3 is 0 Å². The van der Waals surface area contributed by atoms with E-state index in [1.54, 1.807) is 37.3 Å². The van der Waals surface area contributed by atoms with E-state index in [1.807, 2.05) is 20.8 Å². The maximum absolute atomic E-state index is 14.4. The molecule has 0 spiro atoms. The Balaban J connectivity index is 2.20. The van der Waals surface area contributed by atoms with Gasteiger partial charge in [0, 0.05) is 28.2 Å². The molecule has 1 N–H and O–H groups in total. The van der Waals surface area contributed by atoms with E-state index in [1.165, 1.54) is 56.6 Å². The van der Waals surface area contributed by atoms with Crippen LogP contribution >= 0.6 is 23.2 Å². The molecule has 0 aromatic heterocycles. The van der Waals surface area contributed by atoms with Crippen molar-refractivity contribution >= 4 is 50.7 Å². The van der Waals surface area contributed by atoms with Gasteiger partial charge in [-0.05, 0) is 69.2 Å². The van der Waals surface area contributed by atoms with Crippen LogP contribution in [0.15, 0.2) is 65.6 Å². The third kappa shape index (κ3) is 8.74. The van der Waals surface area contributed by atoms with E-state index < -0.39 is 34.1 Å². The lowest BCUT2D eigenvalue weighted by atomic mass is 10.1. The summed E-state index contributed by atoms with van der Waals surface area (Å²) in [7, 11) is -0.272. The highest BCUT2D eigenvalue weighted by atomic mass is 35.5. The Hall–Kier alpha value is -3.67. The molecule has 2 amide bonds. The molecule has 0 aliphatic carbocycles. The molecule has 0 fully saturated rings. The fourth-order valence-electron chi connectivity index (χ4n) is 4.66. The number of sulfonamides is 1. The smallest absolute Gasteiger partial charge is 0.265 e. The quantitative estimate of drug-likeness (QED) is 0.238. The van der Waals surface area contributed by atoms with Gasteiger partial charge in [-0.15, -0.1) is 0 Å². The molecule has 0 bridgehead atoms. The summed E-state index contributed by atoms with van der Waals surface area (Å²) >= 11 is 12.8. The van der Waals surface area contributed by atoms with Crippen molar-refractivity contribution in [3.8, 4) is 17.2 Å². The van der Waals surface area contributed by atoms with E-state index in [0.29, 0.717) is 16.3 Å². The van der Waals surface area contributed by atoms with E-state index in [4.69, 9.17) is 37.4 Å². The van der Waals surface area contributed by atoms with Gasteiger partial charge in [0.2, 0.25) is 11.8 Å². The zero-order valence-corrected chi connectivity index (χ0v) is 28.7. The second kappa shape index (κ2) is 15.1. The van der Waals surface area contributed by atoms with Crippen LogP contribution in [0.5, 0.6) is 17.2 Å². The molecule has 0 saturated carbocycles. The van der Waals surface area contributed by atoms with Crippen LogP contribution in [0.25, 0.3) is 0 Å². The van der Waals surface area contributed by atoms with Crippen LogP contribution in [0, 0.1) is 0 Å². The predicted octanol–water partition coefficient (Wildman–Crippen LogP) is 5.94. The second-order valence-corrected chi connectivity index (χ2v) is 13.8. The van der Waals surface area contributed by atoms with Crippen molar-refractivity contribution in [3.63, 3.8) is 0 Å². The van der Waals surface area contributed by atoms with Crippen molar-refractivity contribution in [3.05, 3.63) is 76.3 Å². The number of halogens is 2. The molecule has 3 aromatic rings. The molecule has 0 saturated heterocycles. The van der Waals surface area contributed by atoms with Crippen molar-refractivity contribution in [1.29, 1.82) is 0 Å². The third-order valence-electron chi connectivity index (χ3n) is 6.81. The Kier molecular flexibility index (Phi) is 12.0. The number of methoxy groups -OCH3 is 3. The molecule has 13 heteroatoms. The minimum atomic E-state index is -4.47. The first-order valence-corrected chi connectivity index (χ1v) is 16.3. The first kappa shape index (κ1) is 35.8. The van der Waals surface area contributed by atoms with Crippen molar-refractivity contribution in [2.75, 3.05) is 32.2 Å². The van der Waals surface area contributed by atoms with Crippen LogP contribution in [-0.4, -0.2) is 64.6 Å². The van der Waals surface area contributed by atoms with E-state index >= 15 is 0 Å². The van der Waals surface area contributed by atoms with E-state index in [0.717, 1.165) is 4.31 Å². The summed E-state index contributed by atoms with van der Waals surface area (Å²) in [6.07, 6.45) is 0.251. The Morgan fingerprint density at radius 3 is 2.09 bits per heavy atom. The lowest BCUT2D eigenvalue weighted by molar-refractivity contribution is -0.141. The molecule has 10 nitrogen and oxygen atoms in total. The number of nitrogens with zero attached hydrogens (tertiary/aromatic N) is 2. The molecule has 244 valence electrons. The Bertz CT molecular complexity index is 1630. The van der Waals surface area contributed by atoms with Crippen LogP contribution in [0.3, 0.4) is 0 Å². The van der Waals surface area contributed by atoms with Gasteiger partial charge in [0.15, 0.2) is 11.5 Å². The first-order valence-electron chi connectivity index (χ1n) is 14.1. The van der Waals surface area contributed by atoms with Crippen LogP contribution in [-0.2, 0) is 26.2 Å². The van der Waals surface area contributed by atoms with Crippen molar-refractivity contribution in [1.82, 2.24) is 10.2 Å². The average Bonchev–Trinajstić information content (AvgIpc) is 2.99. The number of nitrogens with one attached hydrogen (secondary N) is 1. The number of anilines is 1. The summed E-state index contributed by atoms with van der Waals surface area (Å²) in [4.78, 5) is 29.1. The standard InChI is InChI=1S/C32H39Cl2N3O7S/c1-8-25(31(39)35-32(2,3)4)36(19-21-11-9-10-12-24(21)34)30(38)20-37(26-17-22(33)13-15-27(26)42-5)45(40,41)23-14-16-28(43-6)29(18-23)44-7/h9-18,25H,8,19-20H2,1-7H3,(H,35,39). The number of rotatable bonds is 13. The predicted molar refractivity (Wildman–Crippen MR) is 176 cm³/mol. The normalized spacial score (nSPS) is 12.2. The number of carbonyl (C=O) groups excluding carboxylic acids is 2. The zero-order chi connectivity index (χ0) is 33.5. The molecule has 0 aliphatic heterocycles. The van der Waals surface area contributed by atoms with Crippen molar-refractivity contribution < 1.29 is 32.2 Å². The van der Waals surface area contributed by atoms with Crippen molar-refractivity contribution in [2.45, 2.75) is 57.1 Å². The number of carbonyl (C=O) groups is 2. The number of hydrogen-bond acceptors (Lipinski definition) is 7. The lowest BCUT2D eigenvalue weighted by Crippen LogP contribution is -2.55. The van der Waals surface area contributed by atoms with Gasteiger partial charge in [-0.25, -0.2) is 8.42 Å². The molecular weight excluding hydrogens is 641 g/mol. The van der Waals surface area contributed by atoms with E-state index in [9.17, 15) is 18.0 Å². The fourth-order valence-corrected chi connectivity index (χ4v) is 6.45. The molecule has 45 heavy (non-hydrogen) atoms. The summed E-state index contributed by atoms with van der Waals surface area (Å²) in [6.45, 7) is 6.53. The highest BCUT2D eigenvalue weighted by molar-refractivity contribution is 7.92. The van der Waals surface area contributed by atoms with Gasteiger partial charge in [0.25, 0.3) is 10.0 Å². The summed E-state index contributed by atoms with van der Waals surface area (Å²) in [5.41, 5.74) is 0.0304. The van der Waals surface area contributed by atoms with E-state index in [2.05, 4.69) is 5.32 Å². The van der Waals surface area contributed by atoms with Gasteiger partial charge < -0.3 is 24.4 Å². The Labute approximate surface area is 275 Å². The number of benzene rings is 3. The van der Waals surface area contributed by atoms with Gasteiger partial charge in [-0.3, -0.25) is 13.9 Å². The van der Waals surface area contributed by atoms with Crippen molar-refractivity contribution in [2.24, 2.45) is 0 Å². The monoisotopic (exact) mass is 679 g/mol. The molecule has 0 aliphatic rings. The number of amides is 2. The highest BCUT2D eigenvalue weighted by Gasteiger charge is 2.36. The highest BCUT2D eigenvalue weighted by Crippen LogP contribution is 2.37. The SMILES string of the molecule is CCC(C(=O)NC(C)(C)C)N(Cc1ccccc1Cl)C(=O)CN(c1cc(Cl)ccc1OC)S(=O)(=O)c1ccc(OC)c(OC)c1. The van der Waals surface area contributed by atoms with E-state index in [-0.39, 0.29) is 46.0 Å². The maximum Gasteiger partial charge on any atom is 0.265 e. The molecular formula is C32H39Cl2N3O7S. The van der Waals surface area contributed by atoms with Gasteiger partial charge in [0.05, 0.1) is 31.9 Å². The fraction of sp³-hybridized carbons (Fsp3) is 0.375. The molecule has 3 aromatic carbocycles. The van der Waals surface area contributed by atoms with Crippen LogP contribution in [0.2, 0.25) is 10.0 Å². The van der Waals surface area contributed by atoms with Gasteiger partial charge in [0.1, 0.15) is 18.3 Å².